The lowest BCUT2D eigenvalue weighted by Crippen LogP contribution is -2.38. The minimum absolute atomic E-state index is 0.0479. The van der Waals surface area contributed by atoms with Gasteiger partial charge in [0.2, 0.25) is 0 Å². The second-order valence-corrected chi connectivity index (χ2v) is 3.88. The van der Waals surface area contributed by atoms with Crippen LogP contribution in [0.25, 0.3) is 0 Å². The zero-order chi connectivity index (χ0) is 12.7. The molecule has 1 fully saturated rings. The van der Waals surface area contributed by atoms with Gasteiger partial charge in [-0.2, -0.15) is 0 Å². The summed E-state index contributed by atoms with van der Waals surface area (Å²) >= 11 is 0. The molecule has 6 heteroatoms. The van der Waals surface area contributed by atoms with Crippen LogP contribution in [-0.2, 0) is 19.0 Å². The van der Waals surface area contributed by atoms with Gasteiger partial charge in [-0.25, -0.2) is 4.79 Å². The van der Waals surface area contributed by atoms with Gasteiger partial charge in [0.05, 0.1) is 33.3 Å². The Morgan fingerprint density at radius 3 is 2.65 bits per heavy atom. The lowest BCUT2D eigenvalue weighted by atomic mass is 10.2. The van der Waals surface area contributed by atoms with E-state index in [-0.39, 0.29) is 18.5 Å². The van der Waals surface area contributed by atoms with Gasteiger partial charge in [-0.05, 0) is 12.8 Å². The molecule has 0 spiro atoms. The summed E-state index contributed by atoms with van der Waals surface area (Å²) in [5.41, 5.74) is 0. The Morgan fingerprint density at radius 1 is 1.35 bits per heavy atom. The Bertz CT molecular complexity index is 263. The molecule has 1 heterocycles. The molecule has 0 bridgehead atoms. The third kappa shape index (κ3) is 4.60. The van der Waals surface area contributed by atoms with E-state index in [2.05, 4.69) is 9.47 Å². The molecule has 1 aliphatic rings. The minimum Gasteiger partial charge on any atom is -0.469 e. The average Bonchev–Trinajstić information content (AvgIpc) is 2.85. The van der Waals surface area contributed by atoms with Crippen molar-refractivity contribution in [1.29, 1.82) is 0 Å². The van der Waals surface area contributed by atoms with E-state index in [4.69, 9.17) is 4.74 Å². The minimum atomic E-state index is -0.440. The molecule has 1 saturated heterocycles. The molecule has 1 atom stereocenters. The zero-order valence-corrected chi connectivity index (χ0v) is 10.3. The van der Waals surface area contributed by atoms with E-state index in [9.17, 15) is 9.59 Å². The SMILES string of the molecule is COC(=O)CCN(CC1CCCO1)C(=O)OC. The van der Waals surface area contributed by atoms with Crippen molar-refractivity contribution in [3.8, 4) is 0 Å². The van der Waals surface area contributed by atoms with E-state index in [0.717, 1.165) is 19.4 Å². The van der Waals surface area contributed by atoms with Crippen LogP contribution in [0.5, 0.6) is 0 Å². The first-order valence-electron chi connectivity index (χ1n) is 5.68. The van der Waals surface area contributed by atoms with Crippen molar-refractivity contribution in [2.45, 2.75) is 25.4 Å². The fourth-order valence-corrected chi connectivity index (χ4v) is 1.75. The second kappa shape index (κ2) is 7.11. The van der Waals surface area contributed by atoms with Gasteiger partial charge in [-0.3, -0.25) is 4.79 Å². The van der Waals surface area contributed by atoms with Crippen molar-refractivity contribution in [2.24, 2.45) is 0 Å². The highest BCUT2D eigenvalue weighted by atomic mass is 16.5. The molecule has 0 saturated carbocycles. The monoisotopic (exact) mass is 245 g/mol. The summed E-state index contributed by atoms with van der Waals surface area (Å²) in [6, 6.07) is 0. The molecular formula is C11H19NO5. The van der Waals surface area contributed by atoms with Crippen LogP contribution >= 0.6 is 0 Å². The van der Waals surface area contributed by atoms with Gasteiger partial charge in [0, 0.05) is 13.2 Å². The van der Waals surface area contributed by atoms with E-state index in [0.29, 0.717) is 13.1 Å². The Kier molecular flexibility index (Phi) is 5.76. The predicted molar refractivity (Wildman–Crippen MR) is 59.6 cm³/mol. The number of hydrogen-bond donors (Lipinski definition) is 0. The van der Waals surface area contributed by atoms with Crippen molar-refractivity contribution in [3.05, 3.63) is 0 Å². The van der Waals surface area contributed by atoms with E-state index in [1.807, 2.05) is 0 Å². The van der Waals surface area contributed by atoms with Crippen LogP contribution in [0.2, 0.25) is 0 Å². The lowest BCUT2D eigenvalue weighted by molar-refractivity contribution is -0.140. The molecule has 0 aromatic heterocycles. The lowest BCUT2D eigenvalue weighted by Gasteiger charge is -2.23. The first kappa shape index (κ1) is 13.8. The van der Waals surface area contributed by atoms with Gasteiger partial charge in [-0.15, -0.1) is 0 Å². The molecule has 0 aliphatic carbocycles. The van der Waals surface area contributed by atoms with Crippen molar-refractivity contribution in [3.63, 3.8) is 0 Å². The highest BCUT2D eigenvalue weighted by molar-refractivity contribution is 5.71. The van der Waals surface area contributed by atoms with Gasteiger partial charge in [-0.1, -0.05) is 0 Å². The first-order valence-corrected chi connectivity index (χ1v) is 5.68. The number of amides is 1. The molecule has 0 aromatic rings. The molecule has 17 heavy (non-hydrogen) atoms. The van der Waals surface area contributed by atoms with Crippen LogP contribution in [0, 0.1) is 0 Å². The van der Waals surface area contributed by atoms with Crippen molar-refractivity contribution in [1.82, 2.24) is 4.90 Å². The highest BCUT2D eigenvalue weighted by Crippen LogP contribution is 2.14. The summed E-state index contributed by atoms with van der Waals surface area (Å²) in [7, 11) is 2.65. The molecule has 0 aromatic carbocycles. The summed E-state index contributed by atoms with van der Waals surface area (Å²) in [4.78, 5) is 24.0. The van der Waals surface area contributed by atoms with Crippen molar-refractivity contribution in [2.75, 3.05) is 33.9 Å². The number of carbonyl (C=O) groups is 2. The molecule has 0 N–H and O–H groups in total. The number of methoxy groups -OCH3 is 2. The molecule has 1 amide bonds. The fourth-order valence-electron chi connectivity index (χ4n) is 1.75. The molecule has 1 rings (SSSR count). The Balaban J connectivity index is 2.41. The quantitative estimate of drug-likeness (QED) is 0.670. The molecule has 6 nitrogen and oxygen atoms in total. The van der Waals surface area contributed by atoms with Crippen molar-refractivity contribution < 1.29 is 23.8 Å². The molecule has 98 valence electrons. The van der Waals surface area contributed by atoms with E-state index in [1.165, 1.54) is 19.1 Å². The fraction of sp³-hybridized carbons (Fsp3) is 0.818. The van der Waals surface area contributed by atoms with Gasteiger partial charge < -0.3 is 19.1 Å². The van der Waals surface area contributed by atoms with E-state index in [1.54, 1.807) is 0 Å². The van der Waals surface area contributed by atoms with Crippen LogP contribution in [0.1, 0.15) is 19.3 Å². The average molecular weight is 245 g/mol. The maximum Gasteiger partial charge on any atom is 0.409 e. The summed E-state index contributed by atoms with van der Waals surface area (Å²) in [6.45, 7) is 1.49. The van der Waals surface area contributed by atoms with Crippen LogP contribution in [0.4, 0.5) is 4.79 Å². The largest absolute Gasteiger partial charge is 0.469 e. The van der Waals surface area contributed by atoms with Crippen molar-refractivity contribution >= 4 is 12.1 Å². The summed E-state index contributed by atoms with van der Waals surface area (Å²) < 4.78 is 14.6. The normalized spacial score (nSPS) is 18.8. The molecule has 0 radical (unpaired) electrons. The number of rotatable bonds is 5. The Labute approximate surface area is 101 Å². The number of nitrogens with zero attached hydrogens (tertiary/aromatic N) is 1. The van der Waals surface area contributed by atoms with Gasteiger partial charge in [0.15, 0.2) is 0 Å². The van der Waals surface area contributed by atoms with Crippen LogP contribution in [0.3, 0.4) is 0 Å². The Hall–Kier alpha value is -1.30. The van der Waals surface area contributed by atoms with E-state index >= 15 is 0 Å². The van der Waals surface area contributed by atoms with Crippen LogP contribution in [0.15, 0.2) is 0 Å². The van der Waals surface area contributed by atoms with Crippen LogP contribution < -0.4 is 0 Å². The Morgan fingerprint density at radius 2 is 2.12 bits per heavy atom. The highest BCUT2D eigenvalue weighted by Gasteiger charge is 2.23. The zero-order valence-electron chi connectivity index (χ0n) is 10.3. The summed E-state index contributed by atoms with van der Waals surface area (Å²) in [5.74, 6) is -0.341. The van der Waals surface area contributed by atoms with E-state index < -0.39 is 6.09 Å². The summed E-state index contributed by atoms with van der Waals surface area (Å²) in [6.07, 6.45) is 1.72. The molecule has 1 unspecified atom stereocenters. The van der Waals surface area contributed by atoms with Crippen LogP contribution in [-0.4, -0.2) is 57.0 Å². The first-order chi connectivity index (χ1) is 8.17. The molecular weight excluding hydrogens is 226 g/mol. The third-order valence-corrected chi connectivity index (χ3v) is 2.69. The molecule has 1 aliphatic heterocycles. The van der Waals surface area contributed by atoms with Gasteiger partial charge >= 0.3 is 12.1 Å². The number of hydrogen-bond acceptors (Lipinski definition) is 5. The predicted octanol–water partition coefficient (Wildman–Crippen LogP) is 0.797. The maximum absolute atomic E-state index is 11.5. The third-order valence-electron chi connectivity index (χ3n) is 2.69. The second-order valence-electron chi connectivity index (χ2n) is 3.88. The number of ether oxygens (including phenoxy) is 3. The summed E-state index contributed by atoms with van der Waals surface area (Å²) in [5, 5.41) is 0. The van der Waals surface area contributed by atoms with Gasteiger partial charge in [0.1, 0.15) is 0 Å². The maximum atomic E-state index is 11.5. The number of carbonyl (C=O) groups excluding carboxylic acids is 2. The number of esters is 1. The standard InChI is InChI=1S/C11H19NO5/c1-15-10(13)5-6-12(11(14)16-2)8-9-4-3-7-17-9/h9H,3-8H2,1-2H3. The topological polar surface area (TPSA) is 65.1 Å². The smallest absolute Gasteiger partial charge is 0.409 e. The van der Waals surface area contributed by atoms with Gasteiger partial charge in [0.25, 0.3) is 0 Å².